The molecule has 6 nitrogen and oxygen atoms in total. The van der Waals surface area contributed by atoms with Crippen LogP contribution in [0.4, 0.5) is 0 Å². The first-order valence-corrected chi connectivity index (χ1v) is 14.8. The van der Waals surface area contributed by atoms with Crippen molar-refractivity contribution in [1.29, 1.82) is 0 Å². The first-order valence-electron chi connectivity index (χ1n) is 14.8. The highest BCUT2D eigenvalue weighted by Gasteiger charge is 1.80. The lowest BCUT2D eigenvalue weighted by molar-refractivity contribution is 1.30. The lowest BCUT2D eigenvalue weighted by Crippen LogP contribution is -1.73. The van der Waals surface area contributed by atoms with Gasteiger partial charge in [0.25, 0.3) is 0 Å². The van der Waals surface area contributed by atoms with Gasteiger partial charge in [-0.1, -0.05) is 75.9 Å². The number of hydrogen-bond donors (Lipinski definition) is 0. The van der Waals surface area contributed by atoms with Crippen LogP contribution in [0.5, 0.6) is 0 Å². The highest BCUT2D eigenvalue weighted by Crippen LogP contribution is 1.95. The molecule has 0 unspecified atom stereocenters. The van der Waals surface area contributed by atoms with Crippen LogP contribution in [0, 0.1) is 0 Å². The van der Waals surface area contributed by atoms with Gasteiger partial charge >= 0.3 is 0 Å². The van der Waals surface area contributed by atoms with Crippen LogP contribution >= 0.6 is 144 Å². The van der Waals surface area contributed by atoms with Crippen molar-refractivity contribution in [2.75, 3.05) is 0 Å². The zero-order chi connectivity index (χ0) is 34.9. The summed E-state index contributed by atoms with van der Waals surface area (Å²) in [6.45, 7) is 21.4. The topological polar surface area (TPSA) is 77.3 Å². The minimum Gasteiger partial charge on any atom is -0.257 e. The Bertz CT molecular complexity index is 1370. The van der Waals surface area contributed by atoms with Gasteiger partial charge in [0.15, 0.2) is 0 Å². The summed E-state index contributed by atoms with van der Waals surface area (Å²) in [6, 6.07) is 34.4. The highest BCUT2D eigenvalue weighted by molar-refractivity contribution is 14.0. The van der Waals surface area contributed by atoms with Crippen LogP contribution in [0.15, 0.2) is 186 Å². The molecular formula is C42H48I6N6. The lowest BCUT2D eigenvalue weighted by atomic mass is 10.4. The molecule has 0 aromatic carbocycles. The Morgan fingerprint density at radius 3 is 0.426 bits per heavy atom. The molecule has 0 spiro atoms. The molecule has 6 aromatic rings. The summed E-state index contributed by atoms with van der Waals surface area (Å²) in [6.07, 6.45) is 20.8. The molecule has 12 heteroatoms. The average molecular weight is 1400 g/mol. The molecule has 0 fully saturated rings. The SMILES string of the molecule is C=Cc1ccccn1.C=Cc1ccccn1.C=Cc1ccccn1.C=Cc1ccccn1.C=Cc1ccccn1.C=Cc1ccccn1.I.I.I.I.I.I. The third-order valence-corrected chi connectivity index (χ3v) is 5.38. The molecule has 0 radical (unpaired) electrons. The van der Waals surface area contributed by atoms with Crippen molar-refractivity contribution >= 4 is 180 Å². The van der Waals surface area contributed by atoms with Gasteiger partial charge in [0, 0.05) is 37.2 Å². The van der Waals surface area contributed by atoms with Gasteiger partial charge in [-0.2, -0.15) is 0 Å². The summed E-state index contributed by atoms with van der Waals surface area (Å²) in [5, 5.41) is 0. The molecule has 6 rings (SSSR count). The predicted molar refractivity (Wildman–Crippen MR) is 298 cm³/mol. The van der Waals surface area contributed by atoms with Gasteiger partial charge in [0.2, 0.25) is 0 Å². The van der Waals surface area contributed by atoms with Gasteiger partial charge in [-0.3, -0.25) is 29.9 Å². The van der Waals surface area contributed by atoms with E-state index < -0.39 is 0 Å². The van der Waals surface area contributed by atoms with E-state index in [-0.39, 0.29) is 144 Å². The molecule has 288 valence electrons. The third kappa shape index (κ3) is 35.4. The van der Waals surface area contributed by atoms with Gasteiger partial charge in [-0.05, 0) is 109 Å². The van der Waals surface area contributed by atoms with Crippen molar-refractivity contribution in [3.63, 3.8) is 0 Å². The number of hydrogen-bond acceptors (Lipinski definition) is 6. The maximum Gasteiger partial charge on any atom is 0.0623 e. The smallest absolute Gasteiger partial charge is 0.0623 e. The maximum absolute atomic E-state index is 3.98. The Balaban J connectivity index is -0.000000125. The van der Waals surface area contributed by atoms with E-state index in [0.29, 0.717) is 0 Å². The molecule has 0 aliphatic carbocycles. The van der Waals surface area contributed by atoms with Gasteiger partial charge in [-0.15, -0.1) is 144 Å². The summed E-state index contributed by atoms with van der Waals surface area (Å²) in [5.74, 6) is 0. The Morgan fingerprint density at radius 1 is 0.241 bits per heavy atom. The lowest BCUT2D eigenvalue weighted by Gasteiger charge is -1.84. The van der Waals surface area contributed by atoms with Crippen LogP contribution in [0.1, 0.15) is 34.2 Å². The summed E-state index contributed by atoms with van der Waals surface area (Å²) in [7, 11) is 0. The van der Waals surface area contributed by atoms with Crippen molar-refractivity contribution in [1.82, 2.24) is 29.9 Å². The molecule has 0 atom stereocenters. The minimum absolute atomic E-state index is 0. The van der Waals surface area contributed by atoms with Gasteiger partial charge in [0.05, 0.1) is 34.2 Å². The van der Waals surface area contributed by atoms with E-state index in [1.807, 2.05) is 109 Å². The molecule has 6 heterocycles. The van der Waals surface area contributed by atoms with Crippen molar-refractivity contribution < 1.29 is 0 Å². The largest absolute Gasteiger partial charge is 0.257 e. The van der Waals surface area contributed by atoms with E-state index in [0.717, 1.165) is 34.2 Å². The monoisotopic (exact) mass is 1400 g/mol. The van der Waals surface area contributed by atoms with Crippen LogP contribution in [0.2, 0.25) is 0 Å². The second kappa shape index (κ2) is 46.9. The number of pyridine rings is 6. The number of halogens is 6. The molecule has 6 aromatic heterocycles. The Morgan fingerprint density at radius 2 is 0.370 bits per heavy atom. The number of rotatable bonds is 6. The van der Waals surface area contributed by atoms with Crippen molar-refractivity contribution in [2.24, 2.45) is 0 Å². The first kappa shape index (κ1) is 63.7. The van der Waals surface area contributed by atoms with E-state index in [4.69, 9.17) is 0 Å². The fourth-order valence-electron chi connectivity index (χ4n) is 2.98. The Kier molecular flexibility index (Phi) is 55.3. The highest BCUT2D eigenvalue weighted by atomic mass is 127. The molecule has 0 saturated carbocycles. The van der Waals surface area contributed by atoms with Crippen LogP contribution in [0.3, 0.4) is 0 Å². The fourth-order valence-corrected chi connectivity index (χ4v) is 2.98. The number of aromatic nitrogens is 6. The molecule has 0 aliphatic heterocycles. The van der Waals surface area contributed by atoms with Crippen molar-refractivity contribution in [2.45, 2.75) is 0 Å². The Hall–Kier alpha value is -2.28. The average Bonchev–Trinajstić information content (AvgIpc) is 3.21. The first-order chi connectivity index (χ1) is 23.6. The van der Waals surface area contributed by atoms with Gasteiger partial charge in [0.1, 0.15) is 0 Å². The zero-order valence-corrected chi connectivity index (χ0v) is 43.7. The minimum atomic E-state index is 0. The van der Waals surface area contributed by atoms with E-state index >= 15 is 0 Å². The number of nitrogens with zero attached hydrogens (tertiary/aromatic N) is 6. The summed E-state index contributed by atoms with van der Waals surface area (Å²) in [4.78, 5) is 23.9. The summed E-state index contributed by atoms with van der Waals surface area (Å²) < 4.78 is 0. The van der Waals surface area contributed by atoms with Gasteiger partial charge < -0.3 is 0 Å². The second-order valence-corrected chi connectivity index (χ2v) is 8.75. The predicted octanol–water partition coefficient (Wildman–Crippen LogP) is 14.1. The van der Waals surface area contributed by atoms with Gasteiger partial charge in [-0.25, -0.2) is 0 Å². The molecule has 0 bridgehead atoms. The fraction of sp³-hybridized carbons (Fsp3) is 0. The normalized spacial score (nSPS) is 7.56. The Labute approximate surface area is 424 Å². The quantitative estimate of drug-likeness (QED) is 0.155. The second-order valence-electron chi connectivity index (χ2n) is 8.75. The van der Waals surface area contributed by atoms with E-state index in [9.17, 15) is 0 Å². The molecule has 54 heavy (non-hydrogen) atoms. The standard InChI is InChI=1S/6C7H7N.6HI/c6*1-2-7-5-3-4-6-8-7;;;;;;/h6*2-6H,1H2;6*1H. The molecular weight excluding hydrogens is 1350 g/mol. The molecule has 0 saturated heterocycles. The van der Waals surface area contributed by atoms with E-state index in [1.165, 1.54) is 0 Å². The van der Waals surface area contributed by atoms with E-state index in [1.54, 1.807) is 73.6 Å². The molecule has 0 aliphatic rings. The molecule has 0 amide bonds. The van der Waals surface area contributed by atoms with Crippen LogP contribution in [-0.2, 0) is 0 Å². The third-order valence-electron chi connectivity index (χ3n) is 5.38. The maximum atomic E-state index is 3.98. The zero-order valence-electron chi connectivity index (χ0n) is 29.7. The van der Waals surface area contributed by atoms with E-state index in [2.05, 4.69) is 69.4 Å². The van der Waals surface area contributed by atoms with Crippen LogP contribution in [-0.4, -0.2) is 29.9 Å². The molecule has 0 N–H and O–H groups in total. The summed E-state index contributed by atoms with van der Waals surface area (Å²) in [5.41, 5.74) is 5.54. The van der Waals surface area contributed by atoms with Crippen molar-refractivity contribution in [3.05, 3.63) is 220 Å². The van der Waals surface area contributed by atoms with Crippen LogP contribution < -0.4 is 0 Å². The van der Waals surface area contributed by atoms with Crippen molar-refractivity contribution in [3.8, 4) is 0 Å². The summed E-state index contributed by atoms with van der Waals surface area (Å²) >= 11 is 0. The van der Waals surface area contributed by atoms with Crippen LogP contribution in [0.25, 0.3) is 36.5 Å².